The normalized spacial score (nSPS) is 21.7. The van der Waals surface area contributed by atoms with Gasteiger partial charge in [-0.2, -0.15) is 5.10 Å². The number of aromatic nitrogens is 2. The van der Waals surface area contributed by atoms with Crippen molar-refractivity contribution in [1.29, 1.82) is 0 Å². The van der Waals surface area contributed by atoms with Crippen LogP contribution in [-0.4, -0.2) is 29.5 Å². The Balaban J connectivity index is 2.38. The van der Waals surface area contributed by atoms with Crippen molar-refractivity contribution in [3.63, 3.8) is 0 Å². The van der Waals surface area contributed by atoms with E-state index >= 15 is 0 Å². The second kappa shape index (κ2) is 5.64. The molecule has 0 saturated carbocycles. The molecule has 1 N–H and O–H groups in total. The minimum absolute atomic E-state index is 0.295. The molecule has 1 aliphatic heterocycles. The van der Waals surface area contributed by atoms with E-state index in [2.05, 4.69) is 10.4 Å². The Labute approximate surface area is 151 Å². The Kier molecular flexibility index (Phi) is 4.13. The molecule has 0 fully saturated rings. The van der Waals surface area contributed by atoms with E-state index in [0.29, 0.717) is 39.2 Å². The molecule has 2 heterocycles. The van der Waals surface area contributed by atoms with Crippen molar-refractivity contribution in [3.8, 4) is 0 Å². The minimum Gasteiger partial charge on any atom is -0.368 e. The number of hydrogen-bond donors (Lipinski definition) is 1. The first-order chi connectivity index (χ1) is 11.1. The highest BCUT2D eigenvalue weighted by molar-refractivity contribution is 7.93. The third-order valence-electron chi connectivity index (χ3n) is 4.54. The smallest absolute Gasteiger partial charge is 0.168 e. The van der Waals surface area contributed by atoms with Gasteiger partial charge >= 0.3 is 0 Å². The zero-order chi connectivity index (χ0) is 17.9. The first kappa shape index (κ1) is 17.6. The van der Waals surface area contributed by atoms with Crippen LogP contribution < -0.4 is 5.32 Å². The predicted octanol–water partition coefficient (Wildman–Crippen LogP) is 3.74. The van der Waals surface area contributed by atoms with Gasteiger partial charge in [-0.15, -0.1) is 0 Å². The van der Waals surface area contributed by atoms with E-state index in [9.17, 15) is 8.42 Å². The van der Waals surface area contributed by atoms with Crippen LogP contribution in [0.1, 0.15) is 35.9 Å². The summed E-state index contributed by atoms with van der Waals surface area (Å²) in [6.45, 7) is 5.55. The van der Waals surface area contributed by atoms with Crippen LogP contribution in [0.3, 0.4) is 0 Å². The van der Waals surface area contributed by atoms with Crippen molar-refractivity contribution in [2.24, 2.45) is 7.05 Å². The molecule has 5 nitrogen and oxygen atoms in total. The van der Waals surface area contributed by atoms with Crippen LogP contribution in [0.5, 0.6) is 0 Å². The van der Waals surface area contributed by atoms with Gasteiger partial charge in [0.2, 0.25) is 0 Å². The van der Waals surface area contributed by atoms with E-state index < -0.39 is 19.8 Å². The first-order valence-electron chi connectivity index (χ1n) is 7.52. The summed E-state index contributed by atoms with van der Waals surface area (Å²) in [6, 6.07) is 4.92. The molecule has 8 heteroatoms. The fraction of sp³-hybridized carbons (Fsp3) is 0.438. The number of nitrogens with one attached hydrogen (secondary N) is 1. The largest absolute Gasteiger partial charge is 0.368 e. The molecule has 0 spiro atoms. The molecule has 0 aliphatic carbocycles. The number of halogens is 2. The van der Waals surface area contributed by atoms with Gasteiger partial charge in [0.25, 0.3) is 0 Å². The Bertz CT molecular complexity index is 920. The van der Waals surface area contributed by atoms with E-state index in [0.717, 1.165) is 0 Å². The molecule has 2 aromatic rings. The van der Waals surface area contributed by atoms with Gasteiger partial charge in [-0.05, 0) is 38.5 Å². The third kappa shape index (κ3) is 2.52. The molecule has 1 unspecified atom stereocenters. The molecule has 0 bridgehead atoms. The Morgan fingerprint density at radius 3 is 2.62 bits per heavy atom. The molecule has 1 aromatic carbocycles. The van der Waals surface area contributed by atoms with Crippen LogP contribution in [0.4, 0.5) is 5.82 Å². The van der Waals surface area contributed by atoms with Crippen molar-refractivity contribution >= 4 is 38.9 Å². The summed E-state index contributed by atoms with van der Waals surface area (Å²) >= 11 is 12.4. The maximum Gasteiger partial charge on any atom is 0.168 e. The summed E-state index contributed by atoms with van der Waals surface area (Å²) < 4.78 is 27.6. The van der Waals surface area contributed by atoms with Crippen LogP contribution in [0.2, 0.25) is 10.0 Å². The van der Waals surface area contributed by atoms with Crippen LogP contribution >= 0.6 is 23.2 Å². The average Bonchev–Trinajstić information content (AvgIpc) is 2.69. The maximum absolute atomic E-state index is 13.4. The maximum atomic E-state index is 13.4. The van der Waals surface area contributed by atoms with Crippen LogP contribution in [0.15, 0.2) is 18.2 Å². The van der Waals surface area contributed by atoms with E-state index in [1.807, 2.05) is 6.92 Å². The zero-order valence-corrected chi connectivity index (χ0v) is 16.2. The van der Waals surface area contributed by atoms with Gasteiger partial charge in [0, 0.05) is 29.2 Å². The van der Waals surface area contributed by atoms with Gasteiger partial charge in [-0.3, -0.25) is 4.68 Å². The van der Waals surface area contributed by atoms with E-state index in [1.165, 1.54) is 0 Å². The standard InChI is InChI=1S/C16H19Cl2N3O2S/c1-9-13-14(11-6-5-10(17)7-12(11)18)24(22,23)16(2,3)8-19-15(13)21(4)20-9/h5-7,14,19H,8H2,1-4H3. The molecular weight excluding hydrogens is 369 g/mol. The first-order valence-corrected chi connectivity index (χ1v) is 9.82. The molecule has 0 saturated heterocycles. The summed E-state index contributed by atoms with van der Waals surface area (Å²) in [5.74, 6) is 0.706. The van der Waals surface area contributed by atoms with Crippen LogP contribution in [0.25, 0.3) is 0 Å². The molecular formula is C16H19Cl2N3O2S. The van der Waals surface area contributed by atoms with Gasteiger partial charge in [0.1, 0.15) is 11.1 Å². The fourth-order valence-electron chi connectivity index (χ4n) is 3.11. The van der Waals surface area contributed by atoms with Crippen molar-refractivity contribution < 1.29 is 8.42 Å². The highest BCUT2D eigenvalue weighted by Gasteiger charge is 2.47. The van der Waals surface area contributed by atoms with Gasteiger partial charge < -0.3 is 5.32 Å². The zero-order valence-electron chi connectivity index (χ0n) is 13.9. The second-order valence-electron chi connectivity index (χ2n) is 6.68. The minimum atomic E-state index is -3.59. The van der Waals surface area contributed by atoms with Crippen molar-refractivity contribution in [2.75, 3.05) is 11.9 Å². The average molecular weight is 388 g/mol. The van der Waals surface area contributed by atoms with Gasteiger partial charge in [-0.25, -0.2) is 8.42 Å². The van der Waals surface area contributed by atoms with Gasteiger partial charge in [0.15, 0.2) is 9.84 Å². The van der Waals surface area contributed by atoms with Gasteiger partial charge in [0.05, 0.1) is 10.4 Å². The molecule has 130 valence electrons. The number of rotatable bonds is 1. The lowest BCUT2D eigenvalue weighted by atomic mass is 10.0. The lowest BCUT2D eigenvalue weighted by molar-refractivity contribution is 0.548. The molecule has 1 atom stereocenters. The molecule has 0 radical (unpaired) electrons. The lowest BCUT2D eigenvalue weighted by Gasteiger charge is -2.28. The summed E-state index contributed by atoms with van der Waals surface area (Å²) in [5.41, 5.74) is 1.83. The molecule has 1 aliphatic rings. The number of hydrogen-bond acceptors (Lipinski definition) is 4. The number of benzene rings is 1. The van der Waals surface area contributed by atoms with E-state index in [4.69, 9.17) is 23.2 Å². The van der Waals surface area contributed by atoms with Crippen LogP contribution in [0, 0.1) is 6.92 Å². The highest BCUT2D eigenvalue weighted by atomic mass is 35.5. The van der Waals surface area contributed by atoms with Gasteiger partial charge in [-0.1, -0.05) is 29.3 Å². The summed E-state index contributed by atoms with van der Waals surface area (Å²) in [5, 5.41) is 7.55. The number of aryl methyl sites for hydroxylation is 2. The Morgan fingerprint density at radius 2 is 2.00 bits per heavy atom. The molecule has 3 rings (SSSR count). The summed E-state index contributed by atoms with van der Waals surface area (Å²) in [7, 11) is -1.80. The van der Waals surface area contributed by atoms with E-state index in [-0.39, 0.29) is 0 Å². The number of sulfone groups is 1. The van der Waals surface area contributed by atoms with Crippen molar-refractivity contribution in [1.82, 2.24) is 9.78 Å². The summed E-state index contributed by atoms with van der Waals surface area (Å²) in [4.78, 5) is 0. The number of anilines is 1. The third-order valence-corrected chi connectivity index (χ3v) is 7.90. The Morgan fingerprint density at radius 1 is 1.33 bits per heavy atom. The number of nitrogens with zero attached hydrogens (tertiary/aromatic N) is 2. The Hall–Kier alpha value is -1.24. The highest BCUT2D eigenvalue weighted by Crippen LogP contribution is 2.46. The quantitative estimate of drug-likeness (QED) is 0.808. The predicted molar refractivity (Wildman–Crippen MR) is 97.7 cm³/mol. The topological polar surface area (TPSA) is 64.0 Å². The SMILES string of the molecule is Cc1nn(C)c2c1C(c1ccc(Cl)cc1Cl)S(=O)(=O)C(C)(C)CN2. The fourth-order valence-corrected chi connectivity index (χ4v) is 5.73. The van der Waals surface area contributed by atoms with Crippen molar-refractivity contribution in [3.05, 3.63) is 45.1 Å². The van der Waals surface area contributed by atoms with Crippen molar-refractivity contribution in [2.45, 2.75) is 30.8 Å². The number of fused-ring (bicyclic) bond motifs is 1. The molecule has 24 heavy (non-hydrogen) atoms. The molecule has 0 amide bonds. The van der Waals surface area contributed by atoms with E-state index in [1.54, 1.807) is 43.8 Å². The second-order valence-corrected chi connectivity index (χ2v) is 10.2. The lowest BCUT2D eigenvalue weighted by Crippen LogP contribution is -2.40. The monoisotopic (exact) mass is 387 g/mol. The summed E-state index contributed by atoms with van der Waals surface area (Å²) in [6.07, 6.45) is 0. The molecule has 1 aromatic heterocycles. The van der Waals surface area contributed by atoms with Crippen LogP contribution in [-0.2, 0) is 16.9 Å².